The lowest BCUT2D eigenvalue weighted by Crippen LogP contribution is -2.24. The van der Waals surface area contributed by atoms with Crippen LogP contribution in [-0.2, 0) is 0 Å². The molecule has 1 aromatic heterocycles. The summed E-state index contributed by atoms with van der Waals surface area (Å²) in [6.45, 7) is 0.947. The molecule has 1 unspecified atom stereocenters. The SMILES string of the molecule is N#Cc1cnc(N2CCCC2c2ccccc2)c(N)c1. The number of nitrogens with two attached hydrogens (primary N) is 1. The normalized spacial score (nSPS) is 17.9. The summed E-state index contributed by atoms with van der Waals surface area (Å²) in [5.41, 5.74) is 8.43. The van der Waals surface area contributed by atoms with E-state index >= 15 is 0 Å². The van der Waals surface area contributed by atoms with Crippen LogP contribution < -0.4 is 10.6 Å². The van der Waals surface area contributed by atoms with Crippen molar-refractivity contribution in [3.05, 3.63) is 53.7 Å². The van der Waals surface area contributed by atoms with Gasteiger partial charge in [0.15, 0.2) is 5.82 Å². The van der Waals surface area contributed by atoms with E-state index in [1.165, 1.54) is 5.56 Å². The third kappa shape index (κ3) is 2.19. The van der Waals surface area contributed by atoms with Crippen LogP contribution in [0.4, 0.5) is 11.5 Å². The number of rotatable bonds is 2. The van der Waals surface area contributed by atoms with Gasteiger partial charge in [0.25, 0.3) is 0 Å². The Hall–Kier alpha value is -2.54. The van der Waals surface area contributed by atoms with Crippen molar-refractivity contribution in [3.63, 3.8) is 0 Å². The van der Waals surface area contributed by atoms with E-state index in [1.54, 1.807) is 12.3 Å². The predicted octanol–water partition coefficient (Wildman–Crippen LogP) is 2.88. The van der Waals surface area contributed by atoms with Crippen LogP contribution in [0, 0.1) is 11.3 Å². The number of pyridine rings is 1. The van der Waals surface area contributed by atoms with E-state index in [4.69, 9.17) is 11.0 Å². The summed E-state index contributed by atoms with van der Waals surface area (Å²) in [7, 11) is 0. The van der Waals surface area contributed by atoms with Crippen LogP contribution in [0.3, 0.4) is 0 Å². The number of nitrogens with zero attached hydrogens (tertiary/aromatic N) is 3. The fourth-order valence-electron chi connectivity index (χ4n) is 2.82. The van der Waals surface area contributed by atoms with Crippen LogP contribution in [0.15, 0.2) is 42.6 Å². The molecule has 0 saturated carbocycles. The van der Waals surface area contributed by atoms with E-state index in [-0.39, 0.29) is 0 Å². The van der Waals surface area contributed by atoms with Gasteiger partial charge in [-0.2, -0.15) is 5.26 Å². The van der Waals surface area contributed by atoms with Crippen molar-refractivity contribution in [2.75, 3.05) is 17.2 Å². The number of benzene rings is 1. The molecular weight excluding hydrogens is 248 g/mol. The van der Waals surface area contributed by atoms with Gasteiger partial charge in [0.1, 0.15) is 6.07 Å². The number of hydrogen-bond donors (Lipinski definition) is 1. The topological polar surface area (TPSA) is 65.9 Å². The van der Waals surface area contributed by atoms with Gasteiger partial charge in [0.05, 0.1) is 17.3 Å². The molecule has 1 fully saturated rings. The van der Waals surface area contributed by atoms with E-state index in [0.29, 0.717) is 17.3 Å². The number of hydrogen-bond acceptors (Lipinski definition) is 4. The molecule has 0 amide bonds. The Balaban J connectivity index is 1.95. The molecule has 2 heterocycles. The fraction of sp³-hybridized carbons (Fsp3) is 0.250. The summed E-state index contributed by atoms with van der Waals surface area (Å²) >= 11 is 0. The van der Waals surface area contributed by atoms with Gasteiger partial charge >= 0.3 is 0 Å². The summed E-state index contributed by atoms with van der Waals surface area (Å²) in [5.74, 6) is 0.787. The molecule has 4 heteroatoms. The van der Waals surface area contributed by atoms with Gasteiger partial charge < -0.3 is 10.6 Å². The average molecular weight is 264 g/mol. The predicted molar refractivity (Wildman–Crippen MR) is 79.1 cm³/mol. The molecule has 0 spiro atoms. The molecule has 1 aliphatic rings. The van der Waals surface area contributed by atoms with Crippen molar-refractivity contribution < 1.29 is 0 Å². The maximum absolute atomic E-state index is 8.89. The first kappa shape index (κ1) is 12.5. The Morgan fingerprint density at radius 1 is 1.30 bits per heavy atom. The van der Waals surface area contributed by atoms with Gasteiger partial charge in [0.2, 0.25) is 0 Å². The minimum Gasteiger partial charge on any atom is -0.396 e. The second kappa shape index (κ2) is 5.22. The third-order valence-electron chi connectivity index (χ3n) is 3.73. The van der Waals surface area contributed by atoms with Crippen LogP contribution in [0.25, 0.3) is 0 Å². The highest BCUT2D eigenvalue weighted by Gasteiger charge is 2.28. The fourth-order valence-corrected chi connectivity index (χ4v) is 2.82. The van der Waals surface area contributed by atoms with Crippen LogP contribution in [0.2, 0.25) is 0 Å². The lowest BCUT2D eigenvalue weighted by atomic mass is 10.0. The molecular formula is C16H16N4. The number of aromatic nitrogens is 1. The van der Waals surface area contributed by atoms with Gasteiger partial charge in [0, 0.05) is 12.7 Å². The highest BCUT2D eigenvalue weighted by Crippen LogP contribution is 2.37. The zero-order valence-corrected chi connectivity index (χ0v) is 11.2. The molecule has 0 bridgehead atoms. The minimum absolute atomic E-state index is 0.318. The molecule has 1 aliphatic heterocycles. The Bertz CT molecular complexity index is 645. The summed E-state index contributed by atoms with van der Waals surface area (Å²) < 4.78 is 0. The first-order chi connectivity index (χ1) is 9.79. The summed E-state index contributed by atoms with van der Waals surface area (Å²) in [6.07, 6.45) is 3.82. The lowest BCUT2D eigenvalue weighted by molar-refractivity contribution is 0.712. The minimum atomic E-state index is 0.318. The van der Waals surface area contributed by atoms with E-state index < -0.39 is 0 Å². The molecule has 2 N–H and O–H groups in total. The zero-order chi connectivity index (χ0) is 13.9. The monoisotopic (exact) mass is 264 g/mol. The Morgan fingerprint density at radius 3 is 2.80 bits per heavy atom. The van der Waals surface area contributed by atoms with Crippen molar-refractivity contribution in [2.24, 2.45) is 0 Å². The molecule has 100 valence electrons. The van der Waals surface area contributed by atoms with Crippen LogP contribution in [0.5, 0.6) is 0 Å². The molecule has 1 saturated heterocycles. The standard InChI is InChI=1S/C16H16N4/c17-10-12-9-14(18)16(19-11-12)20-8-4-7-15(20)13-5-2-1-3-6-13/h1-3,5-6,9,11,15H,4,7-8,18H2. The molecule has 0 aliphatic carbocycles. The average Bonchev–Trinajstić information content (AvgIpc) is 2.97. The highest BCUT2D eigenvalue weighted by molar-refractivity contribution is 5.65. The Kier molecular flexibility index (Phi) is 3.26. The summed E-state index contributed by atoms with van der Waals surface area (Å²) in [6, 6.07) is 14.5. The molecule has 4 nitrogen and oxygen atoms in total. The van der Waals surface area contributed by atoms with Crippen molar-refractivity contribution in [1.82, 2.24) is 4.98 Å². The lowest BCUT2D eigenvalue weighted by Gasteiger charge is -2.27. The van der Waals surface area contributed by atoms with Gasteiger partial charge in [-0.3, -0.25) is 0 Å². The molecule has 20 heavy (non-hydrogen) atoms. The van der Waals surface area contributed by atoms with Gasteiger partial charge in [-0.1, -0.05) is 30.3 Å². The first-order valence-electron chi connectivity index (χ1n) is 6.77. The smallest absolute Gasteiger partial charge is 0.152 e. The summed E-state index contributed by atoms with van der Waals surface area (Å²) in [5, 5.41) is 8.89. The Labute approximate surface area is 118 Å². The molecule has 0 radical (unpaired) electrons. The van der Waals surface area contributed by atoms with E-state index in [1.807, 2.05) is 6.07 Å². The van der Waals surface area contributed by atoms with E-state index in [2.05, 4.69) is 40.2 Å². The van der Waals surface area contributed by atoms with Gasteiger partial charge in [-0.25, -0.2) is 4.98 Å². The van der Waals surface area contributed by atoms with Gasteiger partial charge in [-0.15, -0.1) is 0 Å². The number of nitriles is 1. The van der Waals surface area contributed by atoms with E-state index in [0.717, 1.165) is 25.2 Å². The Morgan fingerprint density at radius 2 is 2.10 bits per heavy atom. The van der Waals surface area contributed by atoms with E-state index in [9.17, 15) is 0 Å². The molecule has 1 atom stereocenters. The quantitative estimate of drug-likeness (QED) is 0.905. The second-order valence-corrected chi connectivity index (χ2v) is 5.01. The maximum Gasteiger partial charge on any atom is 0.152 e. The van der Waals surface area contributed by atoms with Crippen LogP contribution in [0.1, 0.15) is 30.0 Å². The van der Waals surface area contributed by atoms with Crippen molar-refractivity contribution in [3.8, 4) is 6.07 Å². The maximum atomic E-state index is 8.89. The molecule has 2 aromatic rings. The third-order valence-corrected chi connectivity index (χ3v) is 3.73. The molecule has 3 rings (SSSR count). The van der Waals surface area contributed by atoms with Gasteiger partial charge in [-0.05, 0) is 24.5 Å². The van der Waals surface area contributed by atoms with Crippen molar-refractivity contribution >= 4 is 11.5 Å². The summed E-state index contributed by atoms with van der Waals surface area (Å²) in [4.78, 5) is 6.63. The second-order valence-electron chi connectivity index (χ2n) is 5.01. The largest absolute Gasteiger partial charge is 0.396 e. The van der Waals surface area contributed by atoms with Crippen LogP contribution in [-0.4, -0.2) is 11.5 Å². The first-order valence-corrected chi connectivity index (χ1v) is 6.77. The highest BCUT2D eigenvalue weighted by atomic mass is 15.2. The zero-order valence-electron chi connectivity index (χ0n) is 11.2. The van der Waals surface area contributed by atoms with Crippen LogP contribution >= 0.6 is 0 Å². The number of anilines is 2. The number of nitrogen functional groups attached to an aromatic ring is 1. The van der Waals surface area contributed by atoms with Crippen molar-refractivity contribution in [2.45, 2.75) is 18.9 Å². The molecule has 1 aromatic carbocycles. The van der Waals surface area contributed by atoms with Crippen molar-refractivity contribution in [1.29, 1.82) is 5.26 Å².